The van der Waals surface area contributed by atoms with Crippen molar-refractivity contribution in [2.24, 2.45) is 14.1 Å². The van der Waals surface area contributed by atoms with E-state index in [-0.39, 0.29) is 5.52 Å². The summed E-state index contributed by atoms with van der Waals surface area (Å²) in [4.78, 5) is 33.1. The average molecular weight is 270 g/mol. The molecule has 20 heavy (non-hydrogen) atoms. The van der Waals surface area contributed by atoms with Crippen LogP contribution in [0.15, 0.2) is 21.7 Å². The highest BCUT2D eigenvalue weighted by Crippen LogP contribution is 2.19. The minimum Gasteiger partial charge on any atom is -0.279 e. The lowest BCUT2D eigenvalue weighted by atomic mass is 10.1. The highest BCUT2D eigenvalue weighted by Gasteiger charge is 2.14. The summed E-state index contributed by atoms with van der Waals surface area (Å²) >= 11 is 0. The molecule has 102 valence electrons. The molecule has 0 bridgehead atoms. The van der Waals surface area contributed by atoms with Gasteiger partial charge in [-0.1, -0.05) is 12.1 Å². The van der Waals surface area contributed by atoms with Crippen LogP contribution in [0.4, 0.5) is 0 Å². The lowest BCUT2D eigenvalue weighted by Crippen LogP contribution is -2.37. The van der Waals surface area contributed by atoms with Gasteiger partial charge in [0, 0.05) is 14.1 Å². The molecule has 0 spiro atoms. The molecule has 3 rings (SSSR count). The Morgan fingerprint density at radius 3 is 2.00 bits per heavy atom. The summed E-state index contributed by atoms with van der Waals surface area (Å²) in [7, 11) is 3.04. The van der Waals surface area contributed by atoms with Gasteiger partial charge in [0.1, 0.15) is 0 Å². The van der Waals surface area contributed by atoms with Crippen LogP contribution in [0.2, 0.25) is 0 Å². The molecule has 0 radical (unpaired) electrons. The second kappa shape index (κ2) is 4.00. The van der Waals surface area contributed by atoms with Gasteiger partial charge in [0.15, 0.2) is 11.2 Å². The van der Waals surface area contributed by atoms with E-state index in [1.807, 2.05) is 26.0 Å². The maximum atomic E-state index is 12.2. The third-order valence-corrected chi connectivity index (χ3v) is 3.61. The fraction of sp³-hybridized carbons (Fsp3) is 0.286. The molecule has 0 aliphatic carbocycles. The van der Waals surface area contributed by atoms with E-state index in [9.17, 15) is 9.59 Å². The number of rotatable bonds is 0. The first kappa shape index (κ1) is 12.5. The lowest BCUT2D eigenvalue weighted by Gasteiger charge is -2.09. The molecule has 0 amide bonds. The zero-order valence-corrected chi connectivity index (χ0v) is 11.8. The Balaban J connectivity index is 2.69. The van der Waals surface area contributed by atoms with Crippen molar-refractivity contribution in [1.29, 1.82) is 0 Å². The van der Waals surface area contributed by atoms with Gasteiger partial charge in [0.05, 0.1) is 11.0 Å². The Bertz CT molecular complexity index is 983. The molecule has 0 fully saturated rings. The summed E-state index contributed by atoms with van der Waals surface area (Å²) in [5, 5.41) is 0. The van der Waals surface area contributed by atoms with Crippen LogP contribution in [0.25, 0.3) is 22.2 Å². The number of benzene rings is 1. The van der Waals surface area contributed by atoms with E-state index in [2.05, 4.69) is 9.97 Å². The van der Waals surface area contributed by atoms with Crippen molar-refractivity contribution in [3.8, 4) is 0 Å². The Morgan fingerprint density at radius 2 is 1.40 bits per heavy atom. The predicted molar refractivity (Wildman–Crippen MR) is 77.0 cm³/mol. The Labute approximate surface area is 114 Å². The van der Waals surface area contributed by atoms with Crippen LogP contribution in [0.1, 0.15) is 11.1 Å². The molecule has 6 heteroatoms. The molecular formula is C14H14N4O2. The lowest BCUT2D eigenvalue weighted by molar-refractivity contribution is 0.706. The SMILES string of the molecule is Cc1ccc(C)c2nc3c(nc12)c(=O)n(C)c(=O)n3C. The molecule has 0 saturated heterocycles. The van der Waals surface area contributed by atoms with Gasteiger partial charge in [-0.2, -0.15) is 0 Å². The molecule has 2 aromatic heterocycles. The van der Waals surface area contributed by atoms with Crippen molar-refractivity contribution in [3.63, 3.8) is 0 Å². The van der Waals surface area contributed by atoms with Crippen LogP contribution in [0.5, 0.6) is 0 Å². The average Bonchev–Trinajstić information content (AvgIpc) is 2.45. The summed E-state index contributed by atoms with van der Waals surface area (Å²) in [6.07, 6.45) is 0. The third kappa shape index (κ3) is 1.51. The zero-order chi connectivity index (χ0) is 14.6. The first-order valence-electron chi connectivity index (χ1n) is 6.25. The molecule has 1 aromatic carbocycles. The molecule has 0 N–H and O–H groups in total. The summed E-state index contributed by atoms with van der Waals surface area (Å²) in [5.74, 6) is 0. The fourth-order valence-corrected chi connectivity index (χ4v) is 2.32. The molecule has 0 aliphatic rings. The van der Waals surface area contributed by atoms with Gasteiger partial charge in [-0.25, -0.2) is 14.8 Å². The molecule has 0 saturated carbocycles. The Kier molecular flexibility index (Phi) is 2.50. The summed E-state index contributed by atoms with van der Waals surface area (Å²) in [6, 6.07) is 3.90. The van der Waals surface area contributed by atoms with Gasteiger partial charge >= 0.3 is 5.69 Å². The summed E-state index contributed by atoms with van der Waals surface area (Å²) < 4.78 is 2.40. The molecular weight excluding hydrogens is 256 g/mol. The number of hydrogen-bond donors (Lipinski definition) is 0. The van der Waals surface area contributed by atoms with Crippen LogP contribution in [0, 0.1) is 13.8 Å². The molecule has 6 nitrogen and oxygen atoms in total. The maximum absolute atomic E-state index is 12.2. The van der Waals surface area contributed by atoms with Crippen molar-refractivity contribution >= 4 is 22.2 Å². The van der Waals surface area contributed by atoms with Crippen LogP contribution in [-0.4, -0.2) is 19.1 Å². The van der Waals surface area contributed by atoms with E-state index in [0.29, 0.717) is 11.2 Å². The van der Waals surface area contributed by atoms with Gasteiger partial charge < -0.3 is 0 Å². The summed E-state index contributed by atoms with van der Waals surface area (Å²) in [6.45, 7) is 3.86. The van der Waals surface area contributed by atoms with Crippen molar-refractivity contribution in [3.05, 3.63) is 44.1 Å². The van der Waals surface area contributed by atoms with E-state index in [0.717, 1.165) is 21.2 Å². The highest BCUT2D eigenvalue weighted by atomic mass is 16.2. The van der Waals surface area contributed by atoms with Crippen molar-refractivity contribution in [2.45, 2.75) is 13.8 Å². The molecule has 0 aliphatic heterocycles. The zero-order valence-electron chi connectivity index (χ0n) is 11.8. The minimum absolute atomic E-state index is 0.218. The quantitative estimate of drug-likeness (QED) is 0.566. The normalized spacial score (nSPS) is 11.4. The monoisotopic (exact) mass is 270 g/mol. The van der Waals surface area contributed by atoms with E-state index in [1.54, 1.807) is 7.05 Å². The number of nitrogens with zero attached hydrogens (tertiary/aromatic N) is 4. The molecule has 2 heterocycles. The topological polar surface area (TPSA) is 69.8 Å². The standard InChI is InChI=1S/C14H14N4O2/c1-7-5-6-8(2)10-9(7)15-11-12(16-10)17(3)14(20)18(4)13(11)19/h5-6H,1-4H3. The Morgan fingerprint density at radius 1 is 0.850 bits per heavy atom. The highest BCUT2D eigenvalue weighted by molar-refractivity contribution is 5.88. The molecule has 3 aromatic rings. The van der Waals surface area contributed by atoms with Gasteiger partial charge in [-0.15, -0.1) is 0 Å². The summed E-state index contributed by atoms with van der Waals surface area (Å²) in [5.41, 5.74) is 3.06. The second-order valence-corrected chi connectivity index (χ2v) is 5.00. The number of fused-ring (bicyclic) bond motifs is 2. The van der Waals surface area contributed by atoms with E-state index < -0.39 is 11.2 Å². The minimum atomic E-state index is -0.418. The van der Waals surface area contributed by atoms with Gasteiger partial charge in [0.25, 0.3) is 5.56 Å². The fourth-order valence-electron chi connectivity index (χ4n) is 2.32. The Hall–Kier alpha value is -2.50. The number of aryl methyl sites for hydroxylation is 3. The van der Waals surface area contributed by atoms with Crippen molar-refractivity contribution in [1.82, 2.24) is 19.1 Å². The maximum Gasteiger partial charge on any atom is 0.332 e. The molecule has 0 atom stereocenters. The van der Waals surface area contributed by atoms with Gasteiger partial charge in [0.2, 0.25) is 0 Å². The van der Waals surface area contributed by atoms with Gasteiger partial charge in [-0.05, 0) is 25.0 Å². The third-order valence-electron chi connectivity index (χ3n) is 3.61. The van der Waals surface area contributed by atoms with Crippen molar-refractivity contribution in [2.75, 3.05) is 0 Å². The first-order chi connectivity index (χ1) is 9.41. The van der Waals surface area contributed by atoms with E-state index in [1.165, 1.54) is 11.6 Å². The van der Waals surface area contributed by atoms with Crippen LogP contribution in [-0.2, 0) is 14.1 Å². The van der Waals surface area contributed by atoms with E-state index >= 15 is 0 Å². The number of hydrogen-bond acceptors (Lipinski definition) is 4. The van der Waals surface area contributed by atoms with E-state index in [4.69, 9.17) is 0 Å². The largest absolute Gasteiger partial charge is 0.332 e. The van der Waals surface area contributed by atoms with Crippen LogP contribution >= 0.6 is 0 Å². The number of aromatic nitrogens is 4. The second-order valence-electron chi connectivity index (χ2n) is 5.00. The van der Waals surface area contributed by atoms with Crippen molar-refractivity contribution < 1.29 is 0 Å². The predicted octanol–water partition coefficient (Wildman–Crippen LogP) is 0.797. The first-order valence-corrected chi connectivity index (χ1v) is 6.25. The van der Waals surface area contributed by atoms with Crippen LogP contribution in [0.3, 0.4) is 0 Å². The smallest absolute Gasteiger partial charge is 0.279 e. The van der Waals surface area contributed by atoms with Gasteiger partial charge in [-0.3, -0.25) is 13.9 Å². The molecule has 0 unspecified atom stereocenters. The van der Waals surface area contributed by atoms with Crippen LogP contribution < -0.4 is 11.2 Å².